The van der Waals surface area contributed by atoms with E-state index in [4.69, 9.17) is 4.74 Å². The normalized spacial score (nSPS) is 26.0. The van der Waals surface area contributed by atoms with Gasteiger partial charge >= 0.3 is 5.97 Å². The molecule has 0 unspecified atom stereocenters. The van der Waals surface area contributed by atoms with E-state index >= 15 is 0 Å². The second kappa shape index (κ2) is 4.89. The van der Waals surface area contributed by atoms with Crippen LogP contribution in [0.15, 0.2) is 48.5 Å². The van der Waals surface area contributed by atoms with E-state index in [-0.39, 0.29) is 11.6 Å². The number of hydrogen-bond acceptors (Lipinski definition) is 5. The van der Waals surface area contributed by atoms with Gasteiger partial charge in [0.25, 0.3) is 5.69 Å². The number of amides is 1. The van der Waals surface area contributed by atoms with E-state index < -0.39 is 21.9 Å². The van der Waals surface area contributed by atoms with E-state index in [1.165, 1.54) is 19.1 Å². The van der Waals surface area contributed by atoms with Crippen LogP contribution >= 0.6 is 0 Å². The van der Waals surface area contributed by atoms with Gasteiger partial charge in [0.05, 0.1) is 4.92 Å². The molecule has 1 amide bonds. The van der Waals surface area contributed by atoms with Gasteiger partial charge in [-0.2, -0.15) is 0 Å². The maximum Gasteiger partial charge on any atom is 0.303 e. The van der Waals surface area contributed by atoms with Gasteiger partial charge in [0.1, 0.15) is 5.41 Å². The molecule has 126 valence electrons. The predicted octanol–water partition coefficient (Wildman–Crippen LogP) is 2.65. The van der Waals surface area contributed by atoms with Crippen LogP contribution in [-0.2, 0) is 25.3 Å². The molecule has 0 bridgehead atoms. The highest BCUT2D eigenvalue weighted by atomic mass is 16.6. The number of rotatable bonds is 3. The maximum atomic E-state index is 12.8. The highest BCUT2D eigenvalue weighted by Gasteiger charge is 2.79. The first-order chi connectivity index (χ1) is 11.9. The molecule has 0 saturated heterocycles. The van der Waals surface area contributed by atoms with Gasteiger partial charge in [-0.3, -0.25) is 19.7 Å². The molecule has 1 fully saturated rings. The van der Waals surface area contributed by atoms with E-state index in [1.807, 2.05) is 18.2 Å². The molecule has 2 aliphatic rings. The molecule has 7 heteroatoms. The fraction of sp³-hybridized carbons (Fsp3) is 0.222. The second-order valence-corrected chi connectivity index (χ2v) is 6.31. The highest BCUT2D eigenvalue weighted by molar-refractivity contribution is 6.10. The number of nitro benzene ring substituents is 1. The van der Waals surface area contributed by atoms with E-state index in [0.29, 0.717) is 17.7 Å². The highest BCUT2D eigenvalue weighted by Crippen LogP contribution is 2.69. The Morgan fingerprint density at radius 1 is 1.20 bits per heavy atom. The maximum absolute atomic E-state index is 12.8. The van der Waals surface area contributed by atoms with Crippen LogP contribution in [0.3, 0.4) is 0 Å². The summed E-state index contributed by atoms with van der Waals surface area (Å²) in [6, 6.07) is 13.1. The third-order valence-corrected chi connectivity index (χ3v) is 4.96. The summed E-state index contributed by atoms with van der Waals surface area (Å²) < 4.78 is 5.63. The Hall–Kier alpha value is -3.22. The van der Waals surface area contributed by atoms with E-state index in [0.717, 1.165) is 5.56 Å². The Morgan fingerprint density at radius 3 is 2.52 bits per heavy atom. The quantitative estimate of drug-likeness (QED) is 0.527. The molecule has 0 aromatic heterocycles. The smallest absolute Gasteiger partial charge is 0.303 e. The lowest BCUT2D eigenvalue weighted by Gasteiger charge is -2.22. The number of hydrogen-bond donors (Lipinski definition) is 1. The Bertz CT molecular complexity index is 923. The van der Waals surface area contributed by atoms with Crippen molar-refractivity contribution in [1.82, 2.24) is 0 Å². The van der Waals surface area contributed by atoms with Crippen LogP contribution < -0.4 is 5.32 Å². The molecule has 7 nitrogen and oxygen atoms in total. The molecule has 4 rings (SSSR count). The zero-order valence-corrected chi connectivity index (χ0v) is 13.3. The average molecular weight is 338 g/mol. The van der Waals surface area contributed by atoms with Crippen LogP contribution in [0.4, 0.5) is 11.4 Å². The number of nitrogens with one attached hydrogen (secondary N) is 1. The third kappa shape index (κ3) is 1.92. The van der Waals surface area contributed by atoms with Crippen molar-refractivity contribution in [3.8, 4) is 0 Å². The molecule has 1 aliphatic carbocycles. The first kappa shape index (κ1) is 15.3. The summed E-state index contributed by atoms with van der Waals surface area (Å²) in [5.41, 5.74) is -0.161. The fourth-order valence-corrected chi connectivity index (χ4v) is 3.85. The number of anilines is 1. The van der Waals surface area contributed by atoms with Crippen LogP contribution in [0.5, 0.6) is 0 Å². The number of non-ortho nitro benzene ring substituents is 1. The van der Waals surface area contributed by atoms with Crippen molar-refractivity contribution in [2.45, 2.75) is 24.4 Å². The van der Waals surface area contributed by atoms with Gasteiger partial charge in [0, 0.05) is 31.2 Å². The number of benzene rings is 2. The number of fused-ring (bicyclic) bond motifs is 2. The molecule has 2 atom stereocenters. The molecule has 25 heavy (non-hydrogen) atoms. The lowest BCUT2D eigenvalue weighted by atomic mass is 9.89. The summed E-state index contributed by atoms with van der Waals surface area (Å²) in [7, 11) is 0. The monoisotopic (exact) mass is 338 g/mol. The molecule has 1 aliphatic heterocycles. The lowest BCUT2D eigenvalue weighted by Crippen LogP contribution is -2.32. The van der Waals surface area contributed by atoms with Crippen LogP contribution in [-0.4, -0.2) is 16.8 Å². The largest absolute Gasteiger partial charge is 0.453 e. The number of para-hydroxylation sites is 1. The topological polar surface area (TPSA) is 98.5 Å². The lowest BCUT2D eigenvalue weighted by molar-refractivity contribution is -0.384. The molecule has 1 saturated carbocycles. The molecular weight excluding hydrogens is 324 g/mol. The number of carbonyl (C=O) groups is 2. The fourth-order valence-electron chi connectivity index (χ4n) is 3.85. The van der Waals surface area contributed by atoms with Gasteiger partial charge in [-0.05, 0) is 29.3 Å². The Morgan fingerprint density at radius 2 is 1.88 bits per heavy atom. The zero-order valence-electron chi connectivity index (χ0n) is 13.3. The summed E-state index contributed by atoms with van der Waals surface area (Å²) in [4.78, 5) is 34.9. The Kier molecular flexibility index (Phi) is 3.00. The van der Waals surface area contributed by atoms with Crippen molar-refractivity contribution in [1.29, 1.82) is 0 Å². The third-order valence-electron chi connectivity index (χ3n) is 4.96. The molecule has 0 radical (unpaired) electrons. The van der Waals surface area contributed by atoms with Gasteiger partial charge in [-0.15, -0.1) is 0 Å². The van der Waals surface area contributed by atoms with Gasteiger partial charge in [0.15, 0.2) is 5.60 Å². The number of nitrogens with zero attached hydrogens (tertiary/aromatic N) is 1. The molecule has 1 heterocycles. The number of esters is 1. The molecular formula is C18H14N2O5. The predicted molar refractivity (Wildman–Crippen MR) is 87.9 cm³/mol. The summed E-state index contributed by atoms with van der Waals surface area (Å²) in [5, 5.41) is 13.7. The van der Waals surface area contributed by atoms with E-state index in [1.54, 1.807) is 18.2 Å². The number of ether oxygens (including phenoxy) is 1. The van der Waals surface area contributed by atoms with Gasteiger partial charge in [-0.1, -0.05) is 18.2 Å². The first-order valence-corrected chi connectivity index (χ1v) is 7.76. The van der Waals surface area contributed by atoms with Gasteiger partial charge in [-0.25, -0.2) is 0 Å². The molecule has 1 N–H and O–H groups in total. The van der Waals surface area contributed by atoms with Crippen molar-refractivity contribution < 1.29 is 19.2 Å². The van der Waals surface area contributed by atoms with Crippen molar-refractivity contribution in [3.05, 3.63) is 69.8 Å². The molecule has 2 aromatic rings. The van der Waals surface area contributed by atoms with Crippen LogP contribution in [0.25, 0.3) is 0 Å². The standard InChI is InChI=1S/C18H14N2O5/c1-11(21)25-18(12-6-8-13(9-7-12)20(23)24)10-17(18)14-4-2-3-5-15(14)19-16(17)22/h2-9H,10H2,1H3,(H,19,22)/t17-,18-/m0/s1. The SMILES string of the molecule is CC(=O)O[C@]1(c2ccc([N+](=O)[O-])cc2)C[C@]12C(=O)Nc1ccccc12. The second-order valence-electron chi connectivity index (χ2n) is 6.31. The zero-order chi connectivity index (χ0) is 17.8. The van der Waals surface area contributed by atoms with Crippen molar-refractivity contribution in [2.24, 2.45) is 0 Å². The van der Waals surface area contributed by atoms with Crippen LogP contribution in [0.1, 0.15) is 24.5 Å². The van der Waals surface area contributed by atoms with E-state index in [9.17, 15) is 19.7 Å². The minimum absolute atomic E-state index is 0.0623. The molecule has 2 aromatic carbocycles. The summed E-state index contributed by atoms with van der Waals surface area (Å²) >= 11 is 0. The molecule has 1 spiro atoms. The Labute approximate surface area is 142 Å². The minimum atomic E-state index is -1.15. The summed E-state index contributed by atoms with van der Waals surface area (Å²) in [5.74, 6) is -0.735. The number of carbonyl (C=O) groups excluding carboxylic acids is 2. The summed E-state index contributed by atoms with van der Waals surface area (Å²) in [6.45, 7) is 1.29. The first-order valence-electron chi connectivity index (χ1n) is 7.76. The summed E-state index contributed by atoms with van der Waals surface area (Å²) in [6.07, 6.45) is 0.306. The van der Waals surface area contributed by atoms with E-state index in [2.05, 4.69) is 5.32 Å². The van der Waals surface area contributed by atoms with Gasteiger partial charge in [0.2, 0.25) is 5.91 Å². The minimum Gasteiger partial charge on any atom is -0.453 e. The van der Waals surface area contributed by atoms with Crippen LogP contribution in [0, 0.1) is 10.1 Å². The Balaban J connectivity index is 1.85. The van der Waals surface area contributed by atoms with Crippen molar-refractivity contribution >= 4 is 23.3 Å². The van der Waals surface area contributed by atoms with Gasteiger partial charge < -0.3 is 10.1 Å². The van der Waals surface area contributed by atoms with Crippen molar-refractivity contribution in [3.63, 3.8) is 0 Å². The average Bonchev–Trinajstić information content (AvgIpc) is 3.16. The van der Waals surface area contributed by atoms with Crippen molar-refractivity contribution in [2.75, 3.05) is 5.32 Å². The number of nitro groups is 1. The van der Waals surface area contributed by atoms with Crippen LogP contribution in [0.2, 0.25) is 0 Å².